The lowest BCUT2D eigenvalue weighted by atomic mass is 10.1. The highest BCUT2D eigenvalue weighted by Gasteiger charge is 2.29. The zero-order valence-corrected chi connectivity index (χ0v) is 15.5. The van der Waals surface area contributed by atoms with Crippen LogP contribution in [0.25, 0.3) is 0 Å². The highest BCUT2D eigenvalue weighted by atomic mass is 35.5. The van der Waals surface area contributed by atoms with E-state index >= 15 is 0 Å². The Kier molecular flexibility index (Phi) is 5.11. The van der Waals surface area contributed by atoms with Crippen molar-refractivity contribution in [3.8, 4) is 0 Å². The number of carbonyl (C=O) groups is 1. The van der Waals surface area contributed by atoms with Gasteiger partial charge in [-0.25, -0.2) is 9.97 Å². The number of nitrogens with zero attached hydrogens (tertiary/aromatic N) is 2. The Morgan fingerprint density at radius 1 is 1.33 bits per heavy atom. The fraction of sp³-hybridized carbons (Fsp3) is 0.389. The maximum absolute atomic E-state index is 12.8. The second-order valence-electron chi connectivity index (χ2n) is 6.04. The number of benzene rings is 1. The molecule has 1 aromatic heterocycles. The lowest BCUT2D eigenvalue weighted by Crippen LogP contribution is -2.28. The van der Waals surface area contributed by atoms with Gasteiger partial charge in [0.05, 0.1) is 17.3 Å². The van der Waals surface area contributed by atoms with Crippen molar-refractivity contribution < 1.29 is 4.79 Å². The van der Waals surface area contributed by atoms with E-state index in [1.165, 1.54) is 11.8 Å². The van der Waals surface area contributed by atoms with Gasteiger partial charge in [0.1, 0.15) is 10.9 Å². The summed E-state index contributed by atoms with van der Waals surface area (Å²) in [5.74, 6) is 1.17. The van der Waals surface area contributed by atoms with Crippen molar-refractivity contribution in [3.05, 3.63) is 51.9 Å². The Bertz CT molecular complexity index is 777. The van der Waals surface area contributed by atoms with Crippen molar-refractivity contribution in [2.24, 2.45) is 0 Å². The lowest BCUT2D eigenvalue weighted by Gasteiger charge is -2.17. The maximum Gasteiger partial charge on any atom is 0.256 e. The van der Waals surface area contributed by atoms with Crippen molar-refractivity contribution in [1.82, 2.24) is 15.3 Å². The summed E-state index contributed by atoms with van der Waals surface area (Å²) >= 11 is 7.71. The van der Waals surface area contributed by atoms with Gasteiger partial charge < -0.3 is 5.32 Å². The third-order valence-electron chi connectivity index (χ3n) is 4.16. The summed E-state index contributed by atoms with van der Waals surface area (Å²) < 4.78 is 0. The second kappa shape index (κ2) is 7.11. The molecule has 1 N–H and O–H groups in total. The number of carbonyl (C=O) groups excluding carboxylic acids is 1. The van der Waals surface area contributed by atoms with Crippen LogP contribution in [0.4, 0.5) is 0 Å². The summed E-state index contributed by atoms with van der Waals surface area (Å²) in [6, 6.07) is 7.34. The SMILES string of the molecule is CSc1nc(C2CC2)nc(C)c1C(=O)NC(C)c1ccccc1Cl. The van der Waals surface area contributed by atoms with Gasteiger partial charge in [-0.05, 0) is 44.6 Å². The van der Waals surface area contributed by atoms with Gasteiger partial charge in [-0.2, -0.15) is 0 Å². The molecule has 1 atom stereocenters. The summed E-state index contributed by atoms with van der Waals surface area (Å²) in [6.45, 7) is 3.80. The Balaban J connectivity index is 1.85. The molecule has 1 unspecified atom stereocenters. The summed E-state index contributed by atoms with van der Waals surface area (Å²) in [5, 5.41) is 4.41. The predicted octanol–water partition coefficient (Wildman–Crippen LogP) is 4.53. The van der Waals surface area contributed by atoms with Crippen molar-refractivity contribution >= 4 is 29.3 Å². The quantitative estimate of drug-likeness (QED) is 0.628. The Morgan fingerprint density at radius 2 is 2.04 bits per heavy atom. The number of nitrogens with one attached hydrogen (secondary N) is 1. The van der Waals surface area contributed by atoms with Gasteiger partial charge in [0.2, 0.25) is 0 Å². The highest BCUT2D eigenvalue weighted by molar-refractivity contribution is 7.98. The molecule has 1 aliphatic carbocycles. The molecular weight excluding hydrogens is 342 g/mol. The van der Waals surface area contributed by atoms with Crippen LogP contribution < -0.4 is 5.32 Å². The molecule has 1 amide bonds. The third kappa shape index (κ3) is 3.57. The van der Waals surface area contributed by atoms with E-state index in [0.29, 0.717) is 16.5 Å². The van der Waals surface area contributed by atoms with Crippen LogP contribution in [-0.4, -0.2) is 22.1 Å². The minimum absolute atomic E-state index is 0.161. The molecule has 1 heterocycles. The van der Waals surface area contributed by atoms with Crippen LogP contribution in [0.2, 0.25) is 5.02 Å². The van der Waals surface area contributed by atoms with Crippen LogP contribution >= 0.6 is 23.4 Å². The van der Waals surface area contributed by atoms with E-state index in [1.807, 2.05) is 44.4 Å². The number of rotatable bonds is 5. The fourth-order valence-electron chi connectivity index (χ4n) is 2.67. The monoisotopic (exact) mass is 361 g/mol. The number of halogens is 1. The number of aromatic nitrogens is 2. The largest absolute Gasteiger partial charge is 0.345 e. The van der Waals surface area contributed by atoms with E-state index in [2.05, 4.69) is 15.3 Å². The summed E-state index contributed by atoms with van der Waals surface area (Å²) in [7, 11) is 0. The van der Waals surface area contributed by atoms with Crippen LogP contribution in [0.5, 0.6) is 0 Å². The first-order valence-corrected chi connectivity index (χ1v) is 9.59. The molecule has 1 saturated carbocycles. The van der Waals surface area contributed by atoms with Crippen molar-refractivity contribution in [2.75, 3.05) is 6.26 Å². The number of amides is 1. The zero-order chi connectivity index (χ0) is 17.3. The molecule has 0 spiro atoms. The van der Waals surface area contributed by atoms with Crippen LogP contribution in [0, 0.1) is 6.92 Å². The number of hydrogen-bond acceptors (Lipinski definition) is 4. The molecule has 24 heavy (non-hydrogen) atoms. The minimum atomic E-state index is -0.191. The van der Waals surface area contributed by atoms with Gasteiger partial charge in [0, 0.05) is 10.9 Å². The Morgan fingerprint density at radius 3 is 2.67 bits per heavy atom. The highest BCUT2D eigenvalue weighted by Crippen LogP contribution is 2.39. The van der Waals surface area contributed by atoms with Gasteiger partial charge in [0.15, 0.2) is 0 Å². The van der Waals surface area contributed by atoms with E-state index in [0.717, 1.165) is 34.9 Å². The zero-order valence-electron chi connectivity index (χ0n) is 14.0. The predicted molar refractivity (Wildman–Crippen MR) is 97.9 cm³/mol. The lowest BCUT2D eigenvalue weighted by molar-refractivity contribution is 0.0935. The van der Waals surface area contributed by atoms with E-state index in [9.17, 15) is 4.79 Å². The summed E-state index contributed by atoms with van der Waals surface area (Å²) in [4.78, 5) is 21.9. The first-order chi connectivity index (χ1) is 11.5. The summed E-state index contributed by atoms with van der Waals surface area (Å²) in [6.07, 6.45) is 4.22. The van der Waals surface area contributed by atoms with Crippen LogP contribution in [-0.2, 0) is 0 Å². The fourth-order valence-corrected chi connectivity index (χ4v) is 3.60. The molecule has 0 saturated heterocycles. The average Bonchev–Trinajstić information content (AvgIpc) is 3.39. The van der Waals surface area contributed by atoms with Gasteiger partial charge in [-0.1, -0.05) is 29.8 Å². The van der Waals surface area contributed by atoms with E-state index in [4.69, 9.17) is 11.6 Å². The second-order valence-corrected chi connectivity index (χ2v) is 7.24. The van der Waals surface area contributed by atoms with E-state index in [1.54, 1.807) is 0 Å². The van der Waals surface area contributed by atoms with Gasteiger partial charge >= 0.3 is 0 Å². The molecule has 0 aliphatic heterocycles. The van der Waals surface area contributed by atoms with Gasteiger partial charge in [0.25, 0.3) is 5.91 Å². The number of hydrogen-bond donors (Lipinski definition) is 1. The topological polar surface area (TPSA) is 54.9 Å². The van der Waals surface area contributed by atoms with Gasteiger partial charge in [-0.3, -0.25) is 4.79 Å². The third-order valence-corrected chi connectivity index (χ3v) is 5.18. The van der Waals surface area contributed by atoms with Crippen molar-refractivity contribution in [1.29, 1.82) is 0 Å². The molecular formula is C18H20ClN3OS. The molecule has 0 radical (unpaired) electrons. The molecule has 6 heteroatoms. The normalized spacial score (nSPS) is 15.2. The Labute approximate surface area is 151 Å². The molecule has 126 valence electrons. The van der Waals surface area contributed by atoms with E-state index in [-0.39, 0.29) is 11.9 Å². The molecule has 4 nitrogen and oxygen atoms in total. The minimum Gasteiger partial charge on any atom is -0.345 e. The average molecular weight is 362 g/mol. The molecule has 1 fully saturated rings. The Hall–Kier alpha value is -1.59. The van der Waals surface area contributed by atoms with Crippen LogP contribution in [0.1, 0.15) is 59.2 Å². The first-order valence-electron chi connectivity index (χ1n) is 7.99. The summed E-state index contributed by atoms with van der Waals surface area (Å²) in [5.41, 5.74) is 2.19. The first kappa shape index (κ1) is 17.2. The molecule has 0 bridgehead atoms. The molecule has 2 aromatic rings. The smallest absolute Gasteiger partial charge is 0.256 e. The molecule has 1 aromatic carbocycles. The van der Waals surface area contributed by atoms with Gasteiger partial charge in [-0.15, -0.1) is 11.8 Å². The van der Waals surface area contributed by atoms with E-state index < -0.39 is 0 Å². The van der Waals surface area contributed by atoms with Crippen molar-refractivity contribution in [2.45, 2.75) is 43.7 Å². The molecule has 1 aliphatic rings. The van der Waals surface area contributed by atoms with Crippen LogP contribution in [0.15, 0.2) is 29.3 Å². The number of aryl methyl sites for hydroxylation is 1. The standard InChI is InChI=1S/C18H20ClN3OS/c1-10(13-6-4-5-7-14(13)19)21-17(23)15-11(2)20-16(12-8-9-12)22-18(15)24-3/h4-7,10,12H,8-9H2,1-3H3,(H,21,23). The molecule has 3 rings (SSSR count). The maximum atomic E-state index is 12.8. The van der Waals surface area contributed by atoms with Crippen LogP contribution in [0.3, 0.4) is 0 Å². The number of thioether (sulfide) groups is 1. The van der Waals surface area contributed by atoms with Crippen molar-refractivity contribution in [3.63, 3.8) is 0 Å².